The average Bonchev–Trinajstić information content (AvgIpc) is 3.37. The van der Waals surface area contributed by atoms with Crippen LogP contribution in [0.4, 0.5) is 10.8 Å². The first kappa shape index (κ1) is 19.7. The molecule has 0 bridgehead atoms. The zero-order valence-corrected chi connectivity index (χ0v) is 18.0. The fourth-order valence-electron chi connectivity index (χ4n) is 4.11. The normalized spacial score (nSPS) is 17.1. The molecule has 0 spiro atoms. The number of piperazine rings is 1. The predicted octanol–water partition coefficient (Wildman–Crippen LogP) is 3.22. The van der Waals surface area contributed by atoms with Crippen LogP contribution in [-0.4, -0.2) is 53.8 Å². The Balaban J connectivity index is 1.25. The van der Waals surface area contributed by atoms with Crippen molar-refractivity contribution in [1.82, 2.24) is 9.88 Å². The summed E-state index contributed by atoms with van der Waals surface area (Å²) in [4.78, 5) is 46.8. The largest absolute Gasteiger partial charge is 0.345 e. The SMILES string of the molecule is Cc1cccc2sc(N3CCN(C(=O)c4ccc(N5C(=O)CCC5=O)cc4)CC3)nc12. The molecule has 0 aliphatic carbocycles. The zero-order chi connectivity index (χ0) is 21.5. The van der Waals surface area contributed by atoms with Crippen LogP contribution in [-0.2, 0) is 9.59 Å². The maximum absolute atomic E-state index is 12.9. The molecule has 7 nitrogen and oxygen atoms in total. The van der Waals surface area contributed by atoms with Gasteiger partial charge in [-0.2, -0.15) is 0 Å². The molecule has 0 saturated carbocycles. The Morgan fingerprint density at radius 2 is 1.61 bits per heavy atom. The number of thiazole rings is 1. The summed E-state index contributed by atoms with van der Waals surface area (Å²) in [5, 5.41) is 1.00. The smallest absolute Gasteiger partial charge is 0.253 e. The van der Waals surface area contributed by atoms with E-state index in [1.54, 1.807) is 35.6 Å². The number of fused-ring (bicyclic) bond motifs is 1. The fourth-order valence-corrected chi connectivity index (χ4v) is 5.21. The predicted molar refractivity (Wildman–Crippen MR) is 121 cm³/mol. The van der Waals surface area contributed by atoms with Gasteiger partial charge in [0.25, 0.3) is 5.91 Å². The number of para-hydroxylation sites is 1. The molecule has 2 saturated heterocycles. The summed E-state index contributed by atoms with van der Waals surface area (Å²) < 4.78 is 1.18. The van der Waals surface area contributed by atoms with Crippen molar-refractivity contribution in [2.45, 2.75) is 19.8 Å². The van der Waals surface area contributed by atoms with Crippen molar-refractivity contribution in [2.24, 2.45) is 0 Å². The zero-order valence-electron chi connectivity index (χ0n) is 17.2. The third-order valence-electron chi connectivity index (χ3n) is 5.87. The van der Waals surface area contributed by atoms with Crippen LogP contribution < -0.4 is 9.80 Å². The molecule has 2 fully saturated rings. The van der Waals surface area contributed by atoms with Gasteiger partial charge in [0.05, 0.1) is 15.9 Å². The first-order valence-corrected chi connectivity index (χ1v) is 11.2. The summed E-state index contributed by atoms with van der Waals surface area (Å²) in [5.41, 5.74) is 3.32. The van der Waals surface area contributed by atoms with Crippen LogP contribution in [0, 0.1) is 6.92 Å². The van der Waals surface area contributed by atoms with Crippen LogP contribution in [0.1, 0.15) is 28.8 Å². The van der Waals surface area contributed by atoms with E-state index in [2.05, 4.69) is 30.0 Å². The first-order chi connectivity index (χ1) is 15.0. The van der Waals surface area contributed by atoms with Crippen LogP contribution in [0.15, 0.2) is 42.5 Å². The highest BCUT2D eigenvalue weighted by Gasteiger charge is 2.30. The Bertz CT molecular complexity index is 1160. The van der Waals surface area contributed by atoms with E-state index < -0.39 is 0 Å². The van der Waals surface area contributed by atoms with Crippen molar-refractivity contribution < 1.29 is 14.4 Å². The second-order valence-electron chi connectivity index (χ2n) is 7.87. The molecule has 3 heterocycles. The van der Waals surface area contributed by atoms with Gasteiger partial charge >= 0.3 is 0 Å². The topological polar surface area (TPSA) is 73.8 Å². The number of hydrogen-bond acceptors (Lipinski definition) is 6. The highest BCUT2D eigenvalue weighted by atomic mass is 32.1. The number of hydrogen-bond donors (Lipinski definition) is 0. The molecule has 3 amide bonds. The molecule has 2 aliphatic heterocycles. The lowest BCUT2D eigenvalue weighted by Crippen LogP contribution is -2.48. The Morgan fingerprint density at radius 3 is 2.26 bits per heavy atom. The van der Waals surface area contributed by atoms with Gasteiger partial charge in [0.1, 0.15) is 0 Å². The lowest BCUT2D eigenvalue weighted by molar-refractivity contribution is -0.121. The van der Waals surface area contributed by atoms with Crippen LogP contribution >= 0.6 is 11.3 Å². The Labute approximate surface area is 183 Å². The molecule has 0 atom stereocenters. The van der Waals surface area contributed by atoms with Gasteiger partial charge in [0.2, 0.25) is 11.8 Å². The van der Waals surface area contributed by atoms with E-state index in [0.717, 1.165) is 23.7 Å². The lowest BCUT2D eigenvalue weighted by atomic mass is 10.1. The molecule has 8 heteroatoms. The minimum atomic E-state index is -0.190. The Kier molecular flexibility index (Phi) is 4.94. The van der Waals surface area contributed by atoms with Crippen LogP contribution in [0.25, 0.3) is 10.2 Å². The third kappa shape index (κ3) is 3.57. The monoisotopic (exact) mass is 434 g/mol. The molecule has 0 radical (unpaired) electrons. The van der Waals surface area contributed by atoms with Gasteiger partial charge in [-0.05, 0) is 42.8 Å². The Hall–Kier alpha value is -3.26. The molecule has 3 aromatic rings. The fraction of sp³-hybridized carbons (Fsp3) is 0.304. The van der Waals surface area contributed by atoms with E-state index >= 15 is 0 Å². The van der Waals surface area contributed by atoms with Crippen molar-refractivity contribution in [1.29, 1.82) is 0 Å². The summed E-state index contributed by atoms with van der Waals surface area (Å²) in [6.07, 6.45) is 0.496. The maximum atomic E-state index is 12.9. The van der Waals surface area contributed by atoms with E-state index in [1.165, 1.54) is 15.2 Å². The summed E-state index contributed by atoms with van der Waals surface area (Å²) in [5.74, 6) is -0.416. The number of benzene rings is 2. The number of aryl methyl sites for hydroxylation is 1. The summed E-state index contributed by atoms with van der Waals surface area (Å²) in [7, 11) is 0. The van der Waals surface area contributed by atoms with Crippen molar-refractivity contribution in [3.8, 4) is 0 Å². The van der Waals surface area contributed by atoms with Crippen molar-refractivity contribution in [3.63, 3.8) is 0 Å². The molecule has 1 aromatic heterocycles. The molecule has 31 heavy (non-hydrogen) atoms. The average molecular weight is 435 g/mol. The van der Waals surface area contributed by atoms with E-state index in [-0.39, 0.29) is 30.6 Å². The number of amides is 3. The van der Waals surface area contributed by atoms with Gasteiger partial charge < -0.3 is 9.80 Å². The minimum Gasteiger partial charge on any atom is -0.345 e. The molecule has 2 aliphatic rings. The Morgan fingerprint density at radius 1 is 0.935 bits per heavy atom. The van der Waals surface area contributed by atoms with Crippen molar-refractivity contribution in [2.75, 3.05) is 36.0 Å². The van der Waals surface area contributed by atoms with Crippen LogP contribution in [0.3, 0.4) is 0 Å². The standard InChI is InChI=1S/C23H22N4O3S/c1-15-3-2-4-18-21(15)24-23(31-18)26-13-11-25(12-14-26)22(30)16-5-7-17(8-6-16)27-19(28)9-10-20(27)29/h2-8H,9-14H2,1H3. The molecule has 158 valence electrons. The molecule has 0 unspecified atom stereocenters. The lowest BCUT2D eigenvalue weighted by Gasteiger charge is -2.34. The molecule has 2 aromatic carbocycles. The number of imide groups is 1. The molecule has 5 rings (SSSR count). The van der Waals surface area contributed by atoms with Gasteiger partial charge in [-0.1, -0.05) is 23.5 Å². The first-order valence-electron chi connectivity index (χ1n) is 10.4. The minimum absolute atomic E-state index is 0.0366. The number of nitrogens with zero attached hydrogens (tertiary/aromatic N) is 4. The van der Waals surface area contributed by atoms with E-state index in [1.807, 2.05) is 4.90 Å². The van der Waals surface area contributed by atoms with E-state index in [0.29, 0.717) is 24.3 Å². The van der Waals surface area contributed by atoms with Gasteiger partial charge in [0.15, 0.2) is 5.13 Å². The molecular weight excluding hydrogens is 412 g/mol. The summed E-state index contributed by atoms with van der Waals surface area (Å²) in [6.45, 7) is 4.79. The highest BCUT2D eigenvalue weighted by molar-refractivity contribution is 7.22. The van der Waals surface area contributed by atoms with Gasteiger partial charge in [-0.25, -0.2) is 4.98 Å². The van der Waals surface area contributed by atoms with E-state index in [9.17, 15) is 14.4 Å². The number of anilines is 2. The second-order valence-corrected chi connectivity index (χ2v) is 8.88. The summed E-state index contributed by atoms with van der Waals surface area (Å²) in [6, 6.07) is 13.0. The molecule has 0 N–H and O–H groups in total. The summed E-state index contributed by atoms with van der Waals surface area (Å²) >= 11 is 1.69. The van der Waals surface area contributed by atoms with Gasteiger partial charge in [-0.3, -0.25) is 19.3 Å². The van der Waals surface area contributed by atoms with Crippen LogP contribution in [0.2, 0.25) is 0 Å². The second kappa shape index (κ2) is 7.77. The maximum Gasteiger partial charge on any atom is 0.253 e. The number of aromatic nitrogens is 1. The number of carbonyl (C=O) groups excluding carboxylic acids is 3. The quantitative estimate of drug-likeness (QED) is 0.592. The van der Waals surface area contributed by atoms with Crippen molar-refractivity contribution in [3.05, 3.63) is 53.6 Å². The van der Waals surface area contributed by atoms with Crippen LogP contribution in [0.5, 0.6) is 0 Å². The third-order valence-corrected chi connectivity index (χ3v) is 6.95. The van der Waals surface area contributed by atoms with Gasteiger partial charge in [0, 0.05) is 44.6 Å². The van der Waals surface area contributed by atoms with E-state index in [4.69, 9.17) is 4.98 Å². The number of rotatable bonds is 3. The number of carbonyl (C=O) groups is 3. The molecular formula is C23H22N4O3S. The highest BCUT2D eigenvalue weighted by Crippen LogP contribution is 2.31. The van der Waals surface area contributed by atoms with Crippen molar-refractivity contribution >= 4 is 50.1 Å². The van der Waals surface area contributed by atoms with Gasteiger partial charge in [-0.15, -0.1) is 0 Å².